The molecule has 0 saturated heterocycles. The van der Waals surface area contributed by atoms with Gasteiger partial charge in [0.25, 0.3) is 0 Å². The summed E-state index contributed by atoms with van der Waals surface area (Å²) in [7, 11) is 0. The smallest absolute Gasteiger partial charge is 0.170 e. The Kier molecular flexibility index (Phi) is 6.57. The fourth-order valence-corrected chi connectivity index (χ4v) is 4.09. The average Bonchev–Trinajstić information content (AvgIpc) is 3.13. The number of rotatable bonds is 9. The van der Waals surface area contributed by atoms with Gasteiger partial charge >= 0.3 is 0 Å². The second kappa shape index (κ2) is 9.70. The normalized spacial score (nSPS) is 11.2. The summed E-state index contributed by atoms with van der Waals surface area (Å²) in [4.78, 5) is 13.2. The number of benzene rings is 2. The van der Waals surface area contributed by atoms with Crippen LogP contribution in [0.3, 0.4) is 0 Å². The first-order valence-corrected chi connectivity index (χ1v) is 11.1. The van der Waals surface area contributed by atoms with Gasteiger partial charge in [0.15, 0.2) is 22.1 Å². The third-order valence-corrected chi connectivity index (χ3v) is 5.56. The third-order valence-electron chi connectivity index (χ3n) is 4.52. The molecule has 0 aliphatic heterocycles. The molecule has 2 heterocycles. The first kappa shape index (κ1) is 21.0. The van der Waals surface area contributed by atoms with E-state index in [9.17, 15) is 0 Å². The molecule has 2 N–H and O–H groups in total. The van der Waals surface area contributed by atoms with E-state index in [0.717, 1.165) is 22.4 Å². The summed E-state index contributed by atoms with van der Waals surface area (Å²) in [6, 6.07) is 17.9. The number of ether oxygens (including phenoxy) is 2. The van der Waals surface area contributed by atoms with E-state index in [1.807, 2.05) is 60.9 Å². The van der Waals surface area contributed by atoms with Gasteiger partial charge in [-0.3, -0.25) is 0 Å². The molecule has 0 radical (unpaired) electrons. The van der Waals surface area contributed by atoms with Gasteiger partial charge in [0.2, 0.25) is 0 Å². The van der Waals surface area contributed by atoms with E-state index in [2.05, 4.69) is 22.1 Å². The quantitative estimate of drug-likeness (QED) is 0.385. The Bertz CT molecular complexity index is 1130. The van der Waals surface area contributed by atoms with Crippen LogP contribution in [0.2, 0.25) is 0 Å². The lowest BCUT2D eigenvalue weighted by Gasteiger charge is -2.12. The lowest BCUT2D eigenvalue weighted by Crippen LogP contribution is -2.10. The Morgan fingerprint density at radius 1 is 1.00 bits per heavy atom. The van der Waals surface area contributed by atoms with Crippen molar-refractivity contribution in [3.8, 4) is 11.5 Å². The van der Waals surface area contributed by atoms with E-state index in [0.29, 0.717) is 30.1 Å². The van der Waals surface area contributed by atoms with Crippen molar-refractivity contribution >= 4 is 28.7 Å². The van der Waals surface area contributed by atoms with Gasteiger partial charge in [0.05, 0.1) is 12.6 Å². The molecule has 4 rings (SSSR count). The molecule has 31 heavy (non-hydrogen) atoms. The fourth-order valence-electron chi connectivity index (χ4n) is 3.11. The van der Waals surface area contributed by atoms with Crippen LogP contribution < -0.4 is 15.2 Å². The zero-order valence-electron chi connectivity index (χ0n) is 17.6. The summed E-state index contributed by atoms with van der Waals surface area (Å²) >= 11 is 1.64. The van der Waals surface area contributed by atoms with Crippen molar-refractivity contribution in [2.24, 2.45) is 0 Å². The van der Waals surface area contributed by atoms with Gasteiger partial charge in [0.1, 0.15) is 24.4 Å². The monoisotopic (exact) mass is 435 g/mol. The molecule has 0 aliphatic rings. The number of nitrogens with zero attached hydrogens (tertiary/aromatic N) is 4. The van der Waals surface area contributed by atoms with Crippen LogP contribution in [0, 0.1) is 0 Å². The highest BCUT2D eigenvalue weighted by atomic mass is 32.2. The molecule has 2 aromatic heterocycles. The van der Waals surface area contributed by atoms with Crippen LogP contribution in [0.4, 0.5) is 5.82 Å². The van der Waals surface area contributed by atoms with Crippen LogP contribution >= 0.6 is 11.8 Å². The van der Waals surface area contributed by atoms with E-state index in [1.54, 1.807) is 11.8 Å². The number of fused-ring (bicyclic) bond motifs is 1. The van der Waals surface area contributed by atoms with Gasteiger partial charge in [-0.05, 0) is 43.7 Å². The third kappa shape index (κ3) is 5.27. The zero-order chi connectivity index (χ0) is 21.6. The molecule has 8 heteroatoms. The van der Waals surface area contributed by atoms with Crippen LogP contribution in [0.1, 0.15) is 19.4 Å². The molecule has 0 fully saturated rings. The van der Waals surface area contributed by atoms with Crippen LogP contribution in [0.5, 0.6) is 11.5 Å². The summed E-state index contributed by atoms with van der Waals surface area (Å²) in [6.07, 6.45) is 1.61. The first-order valence-electron chi connectivity index (χ1n) is 10.1. The molecule has 4 aromatic rings. The van der Waals surface area contributed by atoms with Gasteiger partial charge in [-0.1, -0.05) is 42.1 Å². The summed E-state index contributed by atoms with van der Waals surface area (Å²) < 4.78 is 13.7. The second-order valence-corrected chi connectivity index (χ2v) is 8.18. The van der Waals surface area contributed by atoms with Gasteiger partial charge in [-0.2, -0.15) is 0 Å². The minimum Gasteiger partial charge on any atom is -0.492 e. The molecule has 0 amide bonds. The number of nitrogens with two attached hydrogens (primary N) is 1. The summed E-state index contributed by atoms with van der Waals surface area (Å²) in [5.74, 6) is 2.80. The van der Waals surface area contributed by atoms with Crippen molar-refractivity contribution in [1.82, 2.24) is 19.5 Å². The summed E-state index contributed by atoms with van der Waals surface area (Å²) in [5, 5.41) is 0.843. The Morgan fingerprint density at radius 2 is 1.74 bits per heavy atom. The molecular formula is C23H25N5O2S. The van der Waals surface area contributed by atoms with Crippen LogP contribution in [-0.2, 0) is 12.3 Å². The van der Waals surface area contributed by atoms with Gasteiger partial charge in [-0.15, -0.1) is 0 Å². The molecule has 160 valence electrons. The van der Waals surface area contributed by atoms with E-state index in [-0.39, 0.29) is 6.10 Å². The maximum atomic E-state index is 6.03. The number of aromatic nitrogens is 4. The minimum absolute atomic E-state index is 0.141. The van der Waals surface area contributed by atoms with Crippen molar-refractivity contribution < 1.29 is 9.47 Å². The molecule has 0 spiro atoms. The largest absolute Gasteiger partial charge is 0.492 e. The number of anilines is 1. The Balaban J connectivity index is 1.47. The van der Waals surface area contributed by atoms with E-state index in [1.165, 1.54) is 11.9 Å². The highest BCUT2D eigenvalue weighted by Gasteiger charge is 2.15. The van der Waals surface area contributed by atoms with Crippen LogP contribution in [0.15, 0.2) is 66.1 Å². The first-order chi connectivity index (χ1) is 15.1. The van der Waals surface area contributed by atoms with Gasteiger partial charge < -0.3 is 19.8 Å². The Hall–Kier alpha value is -3.26. The fraction of sp³-hybridized carbons (Fsp3) is 0.261. The lowest BCUT2D eigenvalue weighted by molar-refractivity contribution is 0.241. The summed E-state index contributed by atoms with van der Waals surface area (Å²) in [6.45, 7) is 5.07. The van der Waals surface area contributed by atoms with Crippen LogP contribution in [-0.4, -0.2) is 32.2 Å². The highest BCUT2D eigenvalue weighted by Crippen LogP contribution is 2.27. The average molecular weight is 436 g/mol. The van der Waals surface area contributed by atoms with Crippen molar-refractivity contribution in [3.63, 3.8) is 0 Å². The topological polar surface area (TPSA) is 88.1 Å². The summed E-state index contributed by atoms with van der Waals surface area (Å²) in [5.41, 5.74) is 8.60. The van der Waals surface area contributed by atoms with Gasteiger partial charge in [-0.25, -0.2) is 15.0 Å². The molecule has 0 atom stereocenters. The number of nitrogen functional groups attached to an aromatic ring is 1. The maximum absolute atomic E-state index is 6.03. The van der Waals surface area contributed by atoms with Crippen molar-refractivity contribution in [2.75, 3.05) is 12.3 Å². The Labute approximate surface area is 185 Å². The van der Waals surface area contributed by atoms with Crippen LogP contribution in [0.25, 0.3) is 11.2 Å². The number of imidazole rings is 1. The second-order valence-electron chi connectivity index (χ2n) is 7.24. The molecule has 7 nitrogen and oxygen atoms in total. The number of hydrogen-bond donors (Lipinski definition) is 1. The predicted molar refractivity (Wildman–Crippen MR) is 123 cm³/mol. The Morgan fingerprint density at radius 3 is 2.48 bits per heavy atom. The minimum atomic E-state index is 0.141. The van der Waals surface area contributed by atoms with Crippen molar-refractivity contribution in [1.29, 1.82) is 0 Å². The molecule has 0 saturated carbocycles. The molecule has 0 bridgehead atoms. The molecular weight excluding hydrogens is 410 g/mol. The van der Waals surface area contributed by atoms with E-state index < -0.39 is 0 Å². The molecule has 0 unspecified atom stereocenters. The molecule has 2 aromatic carbocycles. The number of thioether (sulfide) groups is 1. The van der Waals surface area contributed by atoms with Crippen molar-refractivity contribution in [3.05, 3.63) is 66.5 Å². The van der Waals surface area contributed by atoms with E-state index in [4.69, 9.17) is 20.2 Å². The predicted octanol–water partition coefficient (Wildman–Crippen LogP) is 4.57. The maximum Gasteiger partial charge on any atom is 0.170 e. The van der Waals surface area contributed by atoms with E-state index >= 15 is 0 Å². The lowest BCUT2D eigenvalue weighted by atomic mass is 10.2. The van der Waals surface area contributed by atoms with Crippen molar-refractivity contribution in [2.45, 2.75) is 37.4 Å². The standard InChI is InChI=1S/C23H25N5O2S/c1-16(2)30-19-10-8-18(9-11-19)29-13-12-28-22-20(21(24)25-15-26-22)27-23(28)31-14-17-6-4-3-5-7-17/h3-11,15-16H,12-14H2,1-2H3,(H2,24,25,26). The number of hydrogen-bond acceptors (Lipinski definition) is 7. The highest BCUT2D eigenvalue weighted by molar-refractivity contribution is 7.98. The molecule has 0 aliphatic carbocycles. The van der Waals surface area contributed by atoms with Gasteiger partial charge in [0, 0.05) is 5.75 Å². The zero-order valence-corrected chi connectivity index (χ0v) is 18.4. The SMILES string of the molecule is CC(C)Oc1ccc(OCCn2c(SCc3ccccc3)nc3c(N)ncnc32)cc1.